The van der Waals surface area contributed by atoms with Crippen molar-refractivity contribution in [1.82, 2.24) is 5.32 Å². The van der Waals surface area contributed by atoms with Crippen LogP contribution in [0.5, 0.6) is 0 Å². The van der Waals surface area contributed by atoms with Gasteiger partial charge in [-0.05, 0) is 98.6 Å². The molecule has 1 aliphatic rings. The summed E-state index contributed by atoms with van der Waals surface area (Å²) in [6, 6.07) is 10.3. The molecule has 0 amide bonds. The predicted octanol–water partition coefficient (Wildman–Crippen LogP) is 5.85. The van der Waals surface area contributed by atoms with Crippen LogP contribution in [0.3, 0.4) is 0 Å². The van der Waals surface area contributed by atoms with Gasteiger partial charge in [0.15, 0.2) is 5.11 Å². The van der Waals surface area contributed by atoms with Crippen molar-refractivity contribution in [1.29, 1.82) is 0 Å². The first kappa shape index (κ1) is 25.0. The third kappa shape index (κ3) is 5.82. The summed E-state index contributed by atoms with van der Waals surface area (Å²) < 4.78 is 41.9. The molecule has 0 spiro atoms. The number of sulfonamides is 1. The number of nitrogens with zero attached hydrogens (tertiary/aromatic N) is 1. The lowest BCUT2D eigenvalue weighted by Gasteiger charge is -2.36. The summed E-state index contributed by atoms with van der Waals surface area (Å²) in [5, 5.41) is 6.62. The summed E-state index contributed by atoms with van der Waals surface area (Å²) in [4.78, 5) is 0.136. The smallest absolute Gasteiger partial charge is 0.264 e. The maximum Gasteiger partial charge on any atom is 0.264 e. The molecule has 2 N–H and O–H groups in total. The van der Waals surface area contributed by atoms with Crippen molar-refractivity contribution >= 4 is 50.3 Å². The second-order valence-corrected chi connectivity index (χ2v) is 10.6. The normalized spacial score (nSPS) is 16.1. The van der Waals surface area contributed by atoms with E-state index in [0.717, 1.165) is 5.57 Å². The van der Waals surface area contributed by atoms with Gasteiger partial charge in [0.2, 0.25) is 0 Å². The topological polar surface area (TPSA) is 61.4 Å². The highest BCUT2D eigenvalue weighted by atomic mass is 35.5. The Morgan fingerprint density at radius 3 is 2.52 bits per heavy atom. The Morgan fingerprint density at radius 2 is 1.91 bits per heavy atom. The molecule has 2 aromatic carbocycles. The van der Waals surface area contributed by atoms with Crippen molar-refractivity contribution in [3.05, 3.63) is 89.4 Å². The van der Waals surface area contributed by atoms with Crippen LogP contribution in [0, 0.1) is 5.82 Å². The second kappa shape index (κ2) is 10.1. The molecule has 9 heteroatoms. The average Bonchev–Trinajstić information content (AvgIpc) is 2.73. The van der Waals surface area contributed by atoms with Gasteiger partial charge < -0.3 is 10.6 Å². The van der Waals surface area contributed by atoms with Crippen molar-refractivity contribution in [2.75, 3.05) is 9.62 Å². The molecule has 0 fully saturated rings. The SMILES string of the molecule is C=C(Cl)/C=C(/NC(=S)Nc1ccc(S(=O)(=O)N2c3ccc(F)cc3CCC2C)cc1)C(=C)C. The van der Waals surface area contributed by atoms with E-state index in [1.807, 2.05) is 6.92 Å². The first-order valence-corrected chi connectivity index (χ1v) is 12.4. The number of benzene rings is 2. The van der Waals surface area contributed by atoms with Gasteiger partial charge in [-0.3, -0.25) is 4.31 Å². The molecule has 1 heterocycles. The van der Waals surface area contributed by atoms with Crippen LogP contribution in [-0.2, 0) is 16.4 Å². The molecular weight excluding hydrogens is 481 g/mol. The number of halogens is 2. The number of allylic oxidation sites excluding steroid dienone is 3. The van der Waals surface area contributed by atoms with Gasteiger partial charge in [0.25, 0.3) is 10.0 Å². The predicted molar refractivity (Wildman–Crippen MR) is 138 cm³/mol. The number of thiocarbonyl (C=S) groups is 1. The zero-order chi connectivity index (χ0) is 24.3. The van der Waals surface area contributed by atoms with Crippen molar-refractivity contribution in [2.45, 2.75) is 37.6 Å². The van der Waals surface area contributed by atoms with E-state index in [1.54, 1.807) is 25.1 Å². The van der Waals surface area contributed by atoms with Gasteiger partial charge in [0, 0.05) is 22.5 Å². The second-order valence-electron chi connectivity index (χ2n) is 7.85. The summed E-state index contributed by atoms with van der Waals surface area (Å²) in [6.45, 7) is 11.2. The van der Waals surface area contributed by atoms with Crippen LogP contribution in [0.15, 0.2) is 82.9 Å². The number of hydrogen-bond donors (Lipinski definition) is 2. The first-order valence-electron chi connectivity index (χ1n) is 10.2. The fourth-order valence-electron chi connectivity index (χ4n) is 3.59. The van der Waals surface area contributed by atoms with Crippen molar-refractivity contribution < 1.29 is 12.8 Å². The number of aryl methyl sites for hydroxylation is 1. The van der Waals surface area contributed by atoms with Gasteiger partial charge in [0.1, 0.15) is 5.82 Å². The largest absolute Gasteiger partial charge is 0.332 e. The van der Waals surface area contributed by atoms with E-state index in [-0.39, 0.29) is 16.8 Å². The van der Waals surface area contributed by atoms with E-state index in [0.29, 0.717) is 45.6 Å². The van der Waals surface area contributed by atoms with E-state index in [1.165, 1.54) is 34.6 Å². The maximum atomic E-state index is 13.7. The highest BCUT2D eigenvalue weighted by Gasteiger charge is 2.34. The fourth-order valence-corrected chi connectivity index (χ4v) is 5.65. The minimum atomic E-state index is -3.84. The zero-order valence-electron chi connectivity index (χ0n) is 18.4. The van der Waals surface area contributed by atoms with Gasteiger partial charge in [-0.2, -0.15) is 0 Å². The van der Waals surface area contributed by atoms with Gasteiger partial charge in [-0.15, -0.1) is 0 Å². The molecule has 0 radical (unpaired) electrons. The molecule has 0 aliphatic carbocycles. The number of rotatable bonds is 6. The fraction of sp³-hybridized carbons (Fsp3) is 0.208. The summed E-state index contributed by atoms with van der Waals surface area (Å²) in [5.74, 6) is -0.374. The highest BCUT2D eigenvalue weighted by molar-refractivity contribution is 7.92. The number of fused-ring (bicyclic) bond motifs is 1. The summed E-state index contributed by atoms with van der Waals surface area (Å²) in [7, 11) is -3.84. The lowest BCUT2D eigenvalue weighted by Crippen LogP contribution is -2.42. The molecule has 0 saturated carbocycles. The molecule has 1 unspecified atom stereocenters. The Labute approximate surface area is 204 Å². The van der Waals surface area contributed by atoms with Crippen molar-refractivity contribution in [3.8, 4) is 0 Å². The Morgan fingerprint density at radius 1 is 1.24 bits per heavy atom. The molecule has 174 valence electrons. The molecule has 1 aliphatic heterocycles. The molecule has 0 saturated heterocycles. The van der Waals surface area contributed by atoms with E-state index in [9.17, 15) is 12.8 Å². The Balaban J connectivity index is 1.80. The van der Waals surface area contributed by atoms with Crippen LogP contribution in [-0.4, -0.2) is 19.6 Å². The van der Waals surface area contributed by atoms with Crippen LogP contribution >= 0.6 is 23.8 Å². The van der Waals surface area contributed by atoms with Gasteiger partial charge in [0.05, 0.1) is 10.6 Å². The Kier molecular flexibility index (Phi) is 7.62. The molecule has 0 aromatic heterocycles. The Hall–Kier alpha value is -2.68. The molecule has 3 rings (SSSR count). The maximum absolute atomic E-state index is 13.7. The monoisotopic (exact) mass is 505 g/mol. The zero-order valence-corrected chi connectivity index (χ0v) is 20.7. The van der Waals surface area contributed by atoms with E-state index in [2.05, 4.69) is 23.8 Å². The highest BCUT2D eigenvalue weighted by Crippen LogP contribution is 2.35. The van der Waals surface area contributed by atoms with Crippen LogP contribution in [0.25, 0.3) is 0 Å². The van der Waals surface area contributed by atoms with Crippen molar-refractivity contribution in [3.63, 3.8) is 0 Å². The third-order valence-corrected chi connectivity index (χ3v) is 7.44. The van der Waals surface area contributed by atoms with Crippen LogP contribution < -0.4 is 14.9 Å². The van der Waals surface area contributed by atoms with Gasteiger partial charge >= 0.3 is 0 Å². The lowest BCUT2D eigenvalue weighted by atomic mass is 9.99. The van der Waals surface area contributed by atoms with Crippen LogP contribution in [0.1, 0.15) is 25.8 Å². The third-order valence-electron chi connectivity index (χ3n) is 5.19. The van der Waals surface area contributed by atoms with Gasteiger partial charge in [-0.25, -0.2) is 12.8 Å². The number of hydrogen-bond acceptors (Lipinski definition) is 3. The number of nitrogens with one attached hydrogen (secondary N) is 2. The van der Waals surface area contributed by atoms with E-state index in [4.69, 9.17) is 23.8 Å². The minimum absolute atomic E-state index is 0.136. The number of anilines is 2. The average molecular weight is 506 g/mol. The molecular formula is C24H25ClFN3O2S2. The quantitative estimate of drug-likeness (QED) is 0.380. The van der Waals surface area contributed by atoms with Gasteiger partial charge in [-0.1, -0.05) is 24.8 Å². The van der Waals surface area contributed by atoms with E-state index >= 15 is 0 Å². The first-order chi connectivity index (χ1) is 15.5. The molecule has 5 nitrogen and oxygen atoms in total. The standard InChI is InChI=1S/C24H25ClFN3O2S2/c1-15(2)22(13-16(3)25)28-24(32)27-20-8-10-21(11-9-20)33(30,31)29-17(4)5-6-18-14-19(26)7-12-23(18)29/h7-14,17H,1,3,5-6H2,2,4H3,(H2,27,28,32)/b22-13+. The Bertz CT molecular complexity index is 1240. The summed E-state index contributed by atoms with van der Waals surface area (Å²) in [5.41, 5.74) is 3.14. The molecule has 1 atom stereocenters. The van der Waals surface area contributed by atoms with Crippen LogP contribution in [0.2, 0.25) is 0 Å². The molecule has 0 bridgehead atoms. The summed E-state index contributed by atoms with van der Waals surface area (Å²) in [6.07, 6.45) is 2.85. The molecule has 33 heavy (non-hydrogen) atoms. The minimum Gasteiger partial charge on any atom is -0.332 e. The van der Waals surface area contributed by atoms with Crippen molar-refractivity contribution in [2.24, 2.45) is 0 Å². The van der Waals surface area contributed by atoms with E-state index < -0.39 is 10.0 Å². The molecule has 2 aromatic rings. The lowest BCUT2D eigenvalue weighted by molar-refractivity contribution is 0.560. The van der Waals surface area contributed by atoms with Crippen LogP contribution in [0.4, 0.5) is 15.8 Å². The summed E-state index contributed by atoms with van der Waals surface area (Å²) >= 11 is 11.2.